The number of hydrogen-bond donors (Lipinski definition) is 1. The van der Waals surface area contributed by atoms with Crippen LogP contribution in [-0.2, 0) is 14.8 Å². The van der Waals surface area contributed by atoms with E-state index in [0.29, 0.717) is 5.69 Å². The SMILES string of the molecule is COC(=O)c1cc(N)cc(N(c2ccccc2)S(C)(=O)=O)c1. The summed E-state index contributed by atoms with van der Waals surface area (Å²) in [5.41, 5.74) is 6.95. The zero-order chi connectivity index (χ0) is 16.3. The second kappa shape index (κ2) is 6.07. The molecule has 2 aromatic rings. The molecule has 0 spiro atoms. The number of hydrogen-bond acceptors (Lipinski definition) is 5. The molecule has 6 nitrogen and oxygen atoms in total. The van der Waals surface area contributed by atoms with Crippen molar-refractivity contribution in [3.8, 4) is 0 Å². The first kappa shape index (κ1) is 15.8. The van der Waals surface area contributed by atoms with Gasteiger partial charge in [-0.15, -0.1) is 0 Å². The Balaban J connectivity index is 2.64. The van der Waals surface area contributed by atoms with Gasteiger partial charge in [0.05, 0.1) is 30.3 Å². The van der Waals surface area contributed by atoms with Crippen molar-refractivity contribution in [3.05, 3.63) is 54.1 Å². The van der Waals surface area contributed by atoms with Crippen LogP contribution < -0.4 is 10.0 Å². The molecule has 2 aromatic carbocycles. The summed E-state index contributed by atoms with van der Waals surface area (Å²) < 4.78 is 30.1. The zero-order valence-corrected chi connectivity index (χ0v) is 13.0. The summed E-state index contributed by atoms with van der Waals surface area (Å²) in [4.78, 5) is 11.7. The summed E-state index contributed by atoms with van der Waals surface area (Å²) in [6.45, 7) is 0. The number of nitrogens with two attached hydrogens (primary N) is 1. The Kier molecular flexibility index (Phi) is 4.37. The Morgan fingerprint density at radius 2 is 1.73 bits per heavy atom. The van der Waals surface area contributed by atoms with Crippen LogP contribution in [0.15, 0.2) is 48.5 Å². The minimum atomic E-state index is -3.61. The lowest BCUT2D eigenvalue weighted by molar-refractivity contribution is 0.0601. The van der Waals surface area contributed by atoms with Crippen LogP contribution in [0.25, 0.3) is 0 Å². The van der Waals surface area contributed by atoms with Gasteiger partial charge in [0.15, 0.2) is 0 Å². The Labute approximate surface area is 129 Å². The van der Waals surface area contributed by atoms with E-state index in [-0.39, 0.29) is 16.9 Å². The molecule has 0 aliphatic rings. The maximum absolute atomic E-state index is 12.2. The summed E-state index contributed by atoms with van der Waals surface area (Å²) in [5, 5.41) is 0. The van der Waals surface area contributed by atoms with Gasteiger partial charge in [-0.3, -0.25) is 0 Å². The van der Waals surface area contributed by atoms with Crippen LogP contribution in [0, 0.1) is 0 Å². The number of anilines is 3. The molecule has 0 saturated heterocycles. The molecule has 0 heterocycles. The highest BCUT2D eigenvalue weighted by molar-refractivity contribution is 7.92. The fourth-order valence-corrected chi connectivity index (χ4v) is 3.08. The number of para-hydroxylation sites is 1. The third-order valence-electron chi connectivity index (χ3n) is 2.92. The van der Waals surface area contributed by atoms with Crippen molar-refractivity contribution >= 4 is 33.1 Å². The Hall–Kier alpha value is -2.54. The number of benzene rings is 2. The summed E-state index contributed by atoms with van der Waals surface area (Å²) >= 11 is 0. The van der Waals surface area contributed by atoms with Crippen LogP contribution in [0.2, 0.25) is 0 Å². The smallest absolute Gasteiger partial charge is 0.337 e. The lowest BCUT2D eigenvalue weighted by Crippen LogP contribution is -2.25. The van der Waals surface area contributed by atoms with Crippen LogP contribution in [0.3, 0.4) is 0 Å². The first-order valence-electron chi connectivity index (χ1n) is 6.37. The standard InChI is InChI=1S/C15H16N2O4S/c1-21-15(18)11-8-12(16)10-14(9-11)17(22(2,19)20)13-6-4-3-5-7-13/h3-10H,16H2,1-2H3. The second-order valence-electron chi connectivity index (χ2n) is 4.67. The van der Waals surface area contributed by atoms with Crippen LogP contribution in [0.5, 0.6) is 0 Å². The molecule has 116 valence electrons. The van der Waals surface area contributed by atoms with Crippen molar-refractivity contribution in [2.45, 2.75) is 0 Å². The van der Waals surface area contributed by atoms with Gasteiger partial charge in [-0.05, 0) is 30.3 Å². The minimum absolute atomic E-state index is 0.182. The quantitative estimate of drug-likeness (QED) is 0.688. The van der Waals surface area contributed by atoms with Crippen molar-refractivity contribution < 1.29 is 17.9 Å². The summed E-state index contributed by atoms with van der Waals surface area (Å²) in [5.74, 6) is -0.588. The topological polar surface area (TPSA) is 89.7 Å². The first-order valence-corrected chi connectivity index (χ1v) is 8.22. The number of nitrogens with zero attached hydrogens (tertiary/aromatic N) is 1. The van der Waals surface area contributed by atoms with Crippen molar-refractivity contribution in [2.24, 2.45) is 0 Å². The molecule has 0 radical (unpaired) electrons. The maximum Gasteiger partial charge on any atom is 0.337 e. The van der Waals surface area contributed by atoms with E-state index in [9.17, 15) is 13.2 Å². The van der Waals surface area contributed by atoms with Gasteiger partial charge in [-0.1, -0.05) is 18.2 Å². The van der Waals surface area contributed by atoms with Gasteiger partial charge < -0.3 is 10.5 Å². The molecule has 0 aromatic heterocycles. The summed E-state index contributed by atoms with van der Waals surface area (Å²) in [7, 11) is -2.36. The monoisotopic (exact) mass is 320 g/mol. The van der Waals surface area contributed by atoms with Crippen LogP contribution >= 0.6 is 0 Å². The normalized spacial score (nSPS) is 11.0. The van der Waals surface area contributed by atoms with Gasteiger partial charge in [0.2, 0.25) is 10.0 Å². The van der Waals surface area contributed by atoms with E-state index in [0.717, 1.165) is 10.6 Å². The molecule has 2 N–H and O–H groups in total. The van der Waals surface area contributed by atoms with E-state index in [1.165, 1.54) is 25.3 Å². The highest BCUT2D eigenvalue weighted by Crippen LogP contribution is 2.30. The minimum Gasteiger partial charge on any atom is -0.465 e. The lowest BCUT2D eigenvalue weighted by Gasteiger charge is -2.23. The first-order chi connectivity index (χ1) is 10.3. The predicted octanol–water partition coefficient (Wildman–Crippen LogP) is 2.15. The Morgan fingerprint density at radius 1 is 1.09 bits per heavy atom. The van der Waals surface area contributed by atoms with Gasteiger partial charge >= 0.3 is 5.97 Å². The number of ether oxygens (including phenoxy) is 1. The number of methoxy groups -OCH3 is 1. The van der Waals surface area contributed by atoms with E-state index in [4.69, 9.17) is 5.73 Å². The largest absolute Gasteiger partial charge is 0.465 e. The molecule has 0 fully saturated rings. The average Bonchev–Trinajstić information content (AvgIpc) is 2.45. The fraction of sp³-hybridized carbons (Fsp3) is 0.133. The number of sulfonamides is 1. The zero-order valence-electron chi connectivity index (χ0n) is 12.2. The van der Waals surface area contributed by atoms with Crippen LogP contribution in [0.4, 0.5) is 17.1 Å². The van der Waals surface area contributed by atoms with E-state index in [1.54, 1.807) is 30.3 Å². The lowest BCUT2D eigenvalue weighted by atomic mass is 10.1. The van der Waals surface area contributed by atoms with E-state index in [2.05, 4.69) is 4.74 Å². The molecular weight excluding hydrogens is 304 g/mol. The predicted molar refractivity (Wildman–Crippen MR) is 85.6 cm³/mol. The van der Waals surface area contributed by atoms with Gasteiger partial charge in [0.25, 0.3) is 0 Å². The number of rotatable bonds is 4. The number of carbonyl (C=O) groups is 1. The summed E-state index contributed by atoms with van der Waals surface area (Å²) in [6, 6.07) is 12.9. The molecule has 2 rings (SSSR count). The molecule has 0 unspecified atom stereocenters. The number of nitrogen functional groups attached to an aromatic ring is 1. The van der Waals surface area contributed by atoms with Crippen LogP contribution in [0.1, 0.15) is 10.4 Å². The molecule has 0 aliphatic heterocycles. The molecule has 7 heteroatoms. The van der Waals surface area contributed by atoms with Crippen LogP contribution in [-0.4, -0.2) is 27.8 Å². The van der Waals surface area contributed by atoms with Crippen molar-refractivity contribution in [2.75, 3.05) is 23.4 Å². The molecule has 0 aliphatic carbocycles. The second-order valence-corrected chi connectivity index (χ2v) is 6.50. The van der Waals surface area contributed by atoms with Gasteiger partial charge in [-0.25, -0.2) is 17.5 Å². The number of carbonyl (C=O) groups excluding carboxylic acids is 1. The van der Waals surface area contributed by atoms with Crippen molar-refractivity contribution in [1.82, 2.24) is 0 Å². The molecule has 0 bridgehead atoms. The third kappa shape index (κ3) is 3.37. The summed E-state index contributed by atoms with van der Waals surface area (Å²) in [6.07, 6.45) is 1.08. The van der Waals surface area contributed by atoms with Crippen molar-refractivity contribution in [3.63, 3.8) is 0 Å². The van der Waals surface area contributed by atoms with E-state index < -0.39 is 16.0 Å². The van der Waals surface area contributed by atoms with E-state index >= 15 is 0 Å². The molecule has 0 saturated carbocycles. The highest BCUT2D eigenvalue weighted by Gasteiger charge is 2.21. The average molecular weight is 320 g/mol. The molecule has 22 heavy (non-hydrogen) atoms. The Bertz CT molecular complexity index is 788. The third-order valence-corrected chi connectivity index (χ3v) is 4.00. The van der Waals surface area contributed by atoms with Gasteiger partial charge in [0, 0.05) is 5.69 Å². The van der Waals surface area contributed by atoms with Gasteiger partial charge in [0.1, 0.15) is 0 Å². The van der Waals surface area contributed by atoms with Gasteiger partial charge in [-0.2, -0.15) is 0 Å². The van der Waals surface area contributed by atoms with E-state index in [1.807, 2.05) is 0 Å². The molecule has 0 amide bonds. The highest BCUT2D eigenvalue weighted by atomic mass is 32.2. The molecule has 0 atom stereocenters. The fourth-order valence-electron chi connectivity index (χ4n) is 2.08. The van der Waals surface area contributed by atoms with Crippen molar-refractivity contribution in [1.29, 1.82) is 0 Å². The Morgan fingerprint density at radius 3 is 2.27 bits per heavy atom. The molecular formula is C15H16N2O4S. The maximum atomic E-state index is 12.2. The number of esters is 1.